The van der Waals surface area contributed by atoms with E-state index >= 15 is 0 Å². The van der Waals surface area contributed by atoms with Gasteiger partial charge in [0.05, 0.1) is 24.8 Å². The van der Waals surface area contributed by atoms with Crippen LogP contribution in [-0.4, -0.2) is 47.4 Å². The van der Waals surface area contributed by atoms with Crippen molar-refractivity contribution in [2.24, 2.45) is 0 Å². The molecular weight excluding hydrogens is 496 g/mol. The van der Waals surface area contributed by atoms with Gasteiger partial charge in [-0.15, -0.1) is 0 Å². The van der Waals surface area contributed by atoms with Crippen LogP contribution in [0.1, 0.15) is 17.5 Å². The molecule has 0 unspecified atom stereocenters. The van der Waals surface area contributed by atoms with Crippen LogP contribution in [0.15, 0.2) is 77.7 Å². The molecule has 0 saturated heterocycles. The van der Waals surface area contributed by atoms with E-state index in [-0.39, 0.29) is 10.6 Å². The third kappa shape index (κ3) is 7.41. The molecule has 1 N–H and O–H groups in total. The number of nitrogens with zero attached hydrogens (tertiary/aromatic N) is 1. The van der Waals surface area contributed by atoms with Gasteiger partial charge in [-0.1, -0.05) is 48.0 Å². The van der Waals surface area contributed by atoms with E-state index in [1.165, 1.54) is 31.9 Å². The van der Waals surface area contributed by atoms with Crippen LogP contribution in [0.2, 0.25) is 0 Å². The van der Waals surface area contributed by atoms with Gasteiger partial charge in [0.2, 0.25) is 5.91 Å². The monoisotopic (exact) mass is 528 g/mol. The number of amides is 1. The second-order valence-corrected chi connectivity index (χ2v) is 11.1. The number of benzene rings is 3. The molecular formula is C27H32N2O5S2. The van der Waals surface area contributed by atoms with Gasteiger partial charge in [-0.05, 0) is 48.9 Å². The minimum Gasteiger partial charge on any atom is -0.497 e. The predicted molar refractivity (Wildman–Crippen MR) is 145 cm³/mol. The first-order valence-corrected chi connectivity index (χ1v) is 14.1. The van der Waals surface area contributed by atoms with Gasteiger partial charge in [0.15, 0.2) is 0 Å². The number of anilines is 1. The number of nitrogens with one attached hydrogen (secondary N) is 1. The lowest BCUT2D eigenvalue weighted by molar-refractivity contribution is -0.119. The molecule has 3 rings (SSSR count). The van der Waals surface area contributed by atoms with Crippen molar-refractivity contribution in [3.05, 3.63) is 83.9 Å². The molecule has 0 atom stereocenters. The molecule has 0 saturated carbocycles. The number of rotatable bonds is 13. The van der Waals surface area contributed by atoms with Crippen molar-refractivity contribution in [2.45, 2.75) is 24.0 Å². The molecule has 0 heterocycles. The molecule has 192 valence electrons. The number of hydrogen-bond donors (Lipinski definition) is 1. The summed E-state index contributed by atoms with van der Waals surface area (Å²) in [4.78, 5) is 13.0. The number of thioether (sulfide) groups is 1. The fraction of sp³-hybridized carbons (Fsp3) is 0.296. The normalized spacial score (nSPS) is 11.1. The van der Waals surface area contributed by atoms with Gasteiger partial charge < -0.3 is 14.8 Å². The maximum atomic E-state index is 13.6. The van der Waals surface area contributed by atoms with Crippen molar-refractivity contribution in [2.75, 3.05) is 37.4 Å². The Kier molecular flexibility index (Phi) is 10.1. The second kappa shape index (κ2) is 13.2. The van der Waals surface area contributed by atoms with Crippen LogP contribution in [0.4, 0.5) is 5.69 Å². The average Bonchev–Trinajstić information content (AvgIpc) is 2.89. The van der Waals surface area contributed by atoms with Crippen LogP contribution < -0.4 is 19.1 Å². The van der Waals surface area contributed by atoms with Crippen LogP contribution in [-0.2, 0) is 20.6 Å². The minimum atomic E-state index is -4.06. The van der Waals surface area contributed by atoms with Crippen LogP contribution in [0, 0.1) is 6.92 Å². The number of sulfonamides is 1. The Labute approximate surface area is 217 Å². The van der Waals surface area contributed by atoms with E-state index in [1.54, 1.807) is 42.1 Å². The zero-order chi connectivity index (χ0) is 26.0. The molecule has 0 aliphatic rings. The summed E-state index contributed by atoms with van der Waals surface area (Å²) in [5, 5.41) is 2.85. The molecule has 3 aromatic carbocycles. The summed E-state index contributed by atoms with van der Waals surface area (Å²) < 4.78 is 39.1. The Morgan fingerprint density at radius 1 is 0.972 bits per heavy atom. The largest absolute Gasteiger partial charge is 0.497 e. The summed E-state index contributed by atoms with van der Waals surface area (Å²) in [5.41, 5.74) is 2.42. The summed E-state index contributed by atoms with van der Waals surface area (Å²) in [6.07, 6.45) is 0.774. The molecule has 3 aromatic rings. The lowest BCUT2D eigenvalue weighted by atomic mass is 10.2. The van der Waals surface area contributed by atoms with Gasteiger partial charge in [0.25, 0.3) is 10.0 Å². The second-order valence-electron chi connectivity index (χ2n) is 8.10. The molecule has 9 heteroatoms. The highest BCUT2D eigenvalue weighted by molar-refractivity contribution is 7.98. The molecule has 0 aromatic heterocycles. The molecule has 0 bridgehead atoms. The summed E-state index contributed by atoms with van der Waals surface area (Å²) in [6, 6.07) is 21.6. The third-order valence-electron chi connectivity index (χ3n) is 5.45. The number of methoxy groups -OCH3 is 2. The standard InChI is InChI=1S/C27H32N2O5S2/c1-21-10-13-24(14-11-21)36(31,32)29(25-18-23(33-2)12-15-26(25)34-3)19-27(30)28-16-7-17-35-20-22-8-5-4-6-9-22/h4-6,8-15,18H,7,16-17,19-20H2,1-3H3,(H,28,30). The van der Waals surface area contributed by atoms with E-state index in [4.69, 9.17) is 9.47 Å². The first kappa shape index (κ1) is 27.4. The van der Waals surface area contributed by atoms with Gasteiger partial charge in [0.1, 0.15) is 18.0 Å². The van der Waals surface area contributed by atoms with E-state index in [0.29, 0.717) is 18.0 Å². The molecule has 36 heavy (non-hydrogen) atoms. The Balaban J connectivity index is 1.71. The van der Waals surface area contributed by atoms with E-state index < -0.39 is 22.5 Å². The fourth-order valence-corrected chi connectivity index (χ4v) is 5.83. The number of hydrogen-bond acceptors (Lipinski definition) is 6. The molecule has 0 radical (unpaired) electrons. The maximum Gasteiger partial charge on any atom is 0.264 e. The van der Waals surface area contributed by atoms with E-state index in [0.717, 1.165) is 27.8 Å². The van der Waals surface area contributed by atoms with Crippen molar-refractivity contribution in [1.29, 1.82) is 0 Å². The summed E-state index contributed by atoms with van der Waals surface area (Å²) in [7, 11) is -1.11. The topological polar surface area (TPSA) is 84.9 Å². The number of ether oxygens (including phenoxy) is 2. The van der Waals surface area contributed by atoms with Gasteiger partial charge in [-0.25, -0.2) is 8.42 Å². The molecule has 0 fully saturated rings. The van der Waals surface area contributed by atoms with E-state index in [1.807, 2.05) is 25.1 Å². The fourth-order valence-electron chi connectivity index (χ4n) is 3.48. The molecule has 1 amide bonds. The zero-order valence-electron chi connectivity index (χ0n) is 20.8. The van der Waals surface area contributed by atoms with Crippen LogP contribution in [0.3, 0.4) is 0 Å². The Bertz CT molecular complexity index is 1230. The molecule has 0 spiro atoms. The van der Waals surface area contributed by atoms with Crippen molar-refractivity contribution < 1.29 is 22.7 Å². The lowest BCUT2D eigenvalue weighted by Crippen LogP contribution is -2.41. The Hall–Kier alpha value is -3.17. The highest BCUT2D eigenvalue weighted by atomic mass is 32.2. The molecule has 0 aliphatic heterocycles. The smallest absolute Gasteiger partial charge is 0.264 e. The SMILES string of the molecule is COc1ccc(OC)c(N(CC(=O)NCCCSCc2ccccc2)S(=O)(=O)c2ccc(C)cc2)c1. The van der Waals surface area contributed by atoms with Gasteiger partial charge in [-0.2, -0.15) is 11.8 Å². The lowest BCUT2D eigenvalue weighted by Gasteiger charge is -2.26. The van der Waals surface area contributed by atoms with E-state index in [2.05, 4.69) is 17.4 Å². The maximum absolute atomic E-state index is 13.6. The van der Waals surface area contributed by atoms with Gasteiger partial charge in [-0.3, -0.25) is 9.10 Å². The zero-order valence-corrected chi connectivity index (χ0v) is 22.4. The summed E-state index contributed by atoms with van der Waals surface area (Å²) in [5.74, 6) is 2.16. The summed E-state index contributed by atoms with van der Waals surface area (Å²) in [6.45, 7) is 1.94. The van der Waals surface area contributed by atoms with Crippen molar-refractivity contribution in [1.82, 2.24) is 5.32 Å². The average molecular weight is 529 g/mol. The van der Waals surface area contributed by atoms with Crippen molar-refractivity contribution in [3.63, 3.8) is 0 Å². The molecule has 0 aliphatic carbocycles. The van der Waals surface area contributed by atoms with Gasteiger partial charge >= 0.3 is 0 Å². The summed E-state index contributed by atoms with van der Waals surface area (Å²) >= 11 is 1.79. The van der Waals surface area contributed by atoms with Crippen LogP contribution >= 0.6 is 11.8 Å². The van der Waals surface area contributed by atoms with Crippen LogP contribution in [0.25, 0.3) is 0 Å². The Morgan fingerprint density at radius 2 is 1.69 bits per heavy atom. The van der Waals surface area contributed by atoms with Crippen molar-refractivity contribution in [3.8, 4) is 11.5 Å². The van der Waals surface area contributed by atoms with Crippen LogP contribution in [0.5, 0.6) is 11.5 Å². The van der Waals surface area contributed by atoms with Gasteiger partial charge in [0, 0.05) is 18.4 Å². The number of carbonyl (C=O) groups excluding carboxylic acids is 1. The molecule has 7 nitrogen and oxygen atoms in total. The first-order valence-electron chi connectivity index (χ1n) is 11.5. The minimum absolute atomic E-state index is 0.0862. The Morgan fingerprint density at radius 3 is 2.36 bits per heavy atom. The van der Waals surface area contributed by atoms with E-state index in [9.17, 15) is 13.2 Å². The number of carbonyl (C=O) groups is 1. The third-order valence-corrected chi connectivity index (χ3v) is 8.34. The quantitative estimate of drug-likeness (QED) is 0.325. The predicted octanol–water partition coefficient (Wildman–Crippen LogP) is 4.65. The number of aryl methyl sites for hydroxylation is 1. The highest BCUT2D eigenvalue weighted by Gasteiger charge is 2.29. The first-order chi connectivity index (χ1) is 17.3. The van der Waals surface area contributed by atoms with Crippen molar-refractivity contribution >= 4 is 33.4 Å². The highest BCUT2D eigenvalue weighted by Crippen LogP contribution is 2.35.